The van der Waals surface area contributed by atoms with Crippen LogP contribution in [-0.4, -0.2) is 32.0 Å². The number of halogens is 1. The molecule has 2 heterocycles. The maximum absolute atomic E-state index is 14.1. The molecule has 1 aliphatic rings. The van der Waals surface area contributed by atoms with Crippen molar-refractivity contribution in [2.75, 3.05) is 6.54 Å². The summed E-state index contributed by atoms with van der Waals surface area (Å²) in [6, 6.07) is 5.81. The topological polar surface area (TPSA) is 58.4 Å². The van der Waals surface area contributed by atoms with Crippen molar-refractivity contribution in [3.05, 3.63) is 65.7 Å². The van der Waals surface area contributed by atoms with Crippen molar-refractivity contribution in [1.29, 1.82) is 0 Å². The number of benzene rings is 1. The zero-order valence-electron chi connectivity index (χ0n) is 12.8. The van der Waals surface area contributed by atoms with E-state index >= 15 is 0 Å². The number of nitrogens with zero attached hydrogens (tertiary/aromatic N) is 3. The van der Waals surface area contributed by atoms with Crippen LogP contribution in [-0.2, 0) is 11.3 Å². The minimum absolute atomic E-state index is 0.277. The molecule has 0 radical (unpaired) electrons. The number of carbonyl (C=O) groups is 1. The lowest BCUT2D eigenvalue weighted by Gasteiger charge is -2.26. The molecule has 0 bridgehead atoms. The minimum atomic E-state index is -0.550. The van der Waals surface area contributed by atoms with Gasteiger partial charge in [0.15, 0.2) is 5.76 Å². The predicted molar refractivity (Wildman–Crippen MR) is 83.0 cm³/mol. The van der Waals surface area contributed by atoms with E-state index in [1.165, 1.54) is 11.0 Å². The molecule has 2 aromatic rings. The van der Waals surface area contributed by atoms with Crippen molar-refractivity contribution in [3.8, 4) is 0 Å². The third-order valence-electron chi connectivity index (χ3n) is 4.13. The second-order valence-corrected chi connectivity index (χ2v) is 5.61. The molecule has 0 saturated heterocycles. The molecule has 120 valence electrons. The Bertz CT molecular complexity index is 740. The lowest BCUT2D eigenvalue weighted by Crippen LogP contribution is -2.32. The van der Waals surface area contributed by atoms with Gasteiger partial charge in [-0.1, -0.05) is 18.2 Å². The Labute approximate surface area is 133 Å². The first kappa shape index (κ1) is 15.3. The lowest BCUT2D eigenvalue weighted by atomic mass is 10.00. The molecule has 0 spiro atoms. The van der Waals surface area contributed by atoms with Gasteiger partial charge in [-0.15, -0.1) is 0 Å². The number of hydrogen-bond acceptors (Lipinski definition) is 3. The SMILES string of the molecule is CC1=C(O)C(=O)N(CCCn2ccnc2)C1c1ccccc1F. The molecule has 23 heavy (non-hydrogen) atoms. The molecule has 5 nitrogen and oxygen atoms in total. The Morgan fingerprint density at radius 1 is 1.30 bits per heavy atom. The summed E-state index contributed by atoms with van der Waals surface area (Å²) in [6.07, 6.45) is 5.94. The number of hydrogen-bond donors (Lipinski definition) is 1. The van der Waals surface area contributed by atoms with Crippen molar-refractivity contribution >= 4 is 5.91 Å². The van der Waals surface area contributed by atoms with Crippen LogP contribution in [0, 0.1) is 5.82 Å². The van der Waals surface area contributed by atoms with Gasteiger partial charge < -0.3 is 14.6 Å². The lowest BCUT2D eigenvalue weighted by molar-refractivity contribution is -0.129. The normalized spacial score (nSPS) is 18.1. The Hall–Kier alpha value is -2.63. The highest BCUT2D eigenvalue weighted by Crippen LogP contribution is 2.37. The third-order valence-corrected chi connectivity index (χ3v) is 4.13. The largest absolute Gasteiger partial charge is 0.503 e. The maximum atomic E-state index is 14.1. The predicted octanol–water partition coefficient (Wildman–Crippen LogP) is 2.83. The van der Waals surface area contributed by atoms with E-state index in [0.717, 1.165) is 0 Å². The zero-order valence-corrected chi connectivity index (χ0v) is 12.8. The molecule has 3 rings (SSSR count). The molecule has 0 saturated carbocycles. The second-order valence-electron chi connectivity index (χ2n) is 5.61. The Morgan fingerprint density at radius 3 is 2.78 bits per heavy atom. The number of carbonyl (C=O) groups excluding carboxylic acids is 1. The van der Waals surface area contributed by atoms with Gasteiger partial charge in [0, 0.05) is 36.6 Å². The molecule has 1 aromatic heterocycles. The molecule has 1 aliphatic heterocycles. The summed E-state index contributed by atoms with van der Waals surface area (Å²) < 4.78 is 16.0. The second kappa shape index (κ2) is 6.24. The summed E-state index contributed by atoms with van der Waals surface area (Å²) in [7, 11) is 0. The number of aryl methyl sites for hydroxylation is 1. The van der Waals surface area contributed by atoms with Crippen LogP contribution in [0.25, 0.3) is 0 Å². The highest BCUT2D eigenvalue weighted by molar-refractivity contribution is 5.95. The van der Waals surface area contributed by atoms with Gasteiger partial charge >= 0.3 is 0 Å². The summed E-state index contributed by atoms with van der Waals surface area (Å²) in [5.41, 5.74) is 0.896. The van der Waals surface area contributed by atoms with Gasteiger partial charge in [-0.25, -0.2) is 9.37 Å². The Morgan fingerprint density at radius 2 is 2.09 bits per heavy atom. The van der Waals surface area contributed by atoms with Crippen LogP contribution in [0.4, 0.5) is 4.39 Å². The highest BCUT2D eigenvalue weighted by atomic mass is 19.1. The van der Waals surface area contributed by atoms with E-state index in [-0.39, 0.29) is 11.6 Å². The van der Waals surface area contributed by atoms with E-state index in [1.54, 1.807) is 37.6 Å². The fourth-order valence-corrected chi connectivity index (χ4v) is 2.96. The number of imidazole rings is 1. The number of rotatable bonds is 5. The molecule has 1 amide bonds. The van der Waals surface area contributed by atoms with Crippen molar-refractivity contribution < 1.29 is 14.3 Å². The maximum Gasteiger partial charge on any atom is 0.289 e. The number of aliphatic hydroxyl groups excluding tert-OH is 1. The average Bonchev–Trinajstić information content (AvgIpc) is 3.13. The minimum Gasteiger partial charge on any atom is -0.503 e. The Balaban J connectivity index is 1.80. The third kappa shape index (κ3) is 2.84. The molecule has 6 heteroatoms. The molecule has 0 fully saturated rings. The molecule has 1 N–H and O–H groups in total. The molecule has 1 atom stereocenters. The van der Waals surface area contributed by atoms with Crippen LogP contribution in [0.2, 0.25) is 0 Å². The molecular weight excluding hydrogens is 297 g/mol. The quantitative estimate of drug-likeness (QED) is 0.923. The van der Waals surface area contributed by atoms with Crippen molar-refractivity contribution in [2.24, 2.45) is 0 Å². The van der Waals surface area contributed by atoms with E-state index in [2.05, 4.69) is 4.98 Å². The number of aromatic nitrogens is 2. The number of aliphatic hydroxyl groups is 1. The van der Waals surface area contributed by atoms with E-state index in [0.29, 0.717) is 30.6 Å². The van der Waals surface area contributed by atoms with Gasteiger partial charge in [0.2, 0.25) is 0 Å². The molecular formula is C17H18FN3O2. The van der Waals surface area contributed by atoms with Crippen LogP contribution >= 0.6 is 0 Å². The van der Waals surface area contributed by atoms with Crippen LogP contribution < -0.4 is 0 Å². The van der Waals surface area contributed by atoms with Gasteiger partial charge in [-0.3, -0.25) is 4.79 Å². The molecule has 1 unspecified atom stereocenters. The standard InChI is InChI=1S/C17H18FN3O2/c1-12-15(13-5-2-3-6-14(13)18)21(17(23)16(12)22)9-4-8-20-10-7-19-11-20/h2-3,5-7,10-11,15,22H,4,8-9H2,1H3. The fraction of sp³-hybridized carbons (Fsp3) is 0.294. The first-order valence-electron chi connectivity index (χ1n) is 7.50. The van der Waals surface area contributed by atoms with Crippen molar-refractivity contribution in [3.63, 3.8) is 0 Å². The monoisotopic (exact) mass is 315 g/mol. The Kier molecular flexibility index (Phi) is 4.14. The van der Waals surface area contributed by atoms with Gasteiger partial charge in [0.1, 0.15) is 5.82 Å². The van der Waals surface area contributed by atoms with Gasteiger partial charge in [-0.2, -0.15) is 0 Å². The van der Waals surface area contributed by atoms with Gasteiger partial charge in [0.05, 0.1) is 12.4 Å². The molecule has 0 aliphatic carbocycles. The summed E-state index contributed by atoms with van der Waals surface area (Å²) in [5, 5.41) is 9.99. The zero-order chi connectivity index (χ0) is 16.4. The van der Waals surface area contributed by atoms with E-state index in [1.807, 2.05) is 10.8 Å². The van der Waals surface area contributed by atoms with Crippen molar-refractivity contribution in [2.45, 2.75) is 25.9 Å². The van der Waals surface area contributed by atoms with Gasteiger partial charge in [-0.05, 0) is 19.4 Å². The first-order chi connectivity index (χ1) is 11.1. The van der Waals surface area contributed by atoms with E-state index in [9.17, 15) is 14.3 Å². The van der Waals surface area contributed by atoms with E-state index in [4.69, 9.17) is 0 Å². The summed E-state index contributed by atoms with van der Waals surface area (Å²) in [4.78, 5) is 17.8. The van der Waals surface area contributed by atoms with Crippen LogP contribution in [0.5, 0.6) is 0 Å². The highest BCUT2D eigenvalue weighted by Gasteiger charge is 2.38. The first-order valence-corrected chi connectivity index (χ1v) is 7.50. The van der Waals surface area contributed by atoms with Crippen LogP contribution in [0.3, 0.4) is 0 Å². The molecule has 1 aromatic carbocycles. The van der Waals surface area contributed by atoms with Gasteiger partial charge in [0.25, 0.3) is 5.91 Å². The average molecular weight is 315 g/mol. The van der Waals surface area contributed by atoms with Crippen LogP contribution in [0.15, 0.2) is 54.3 Å². The van der Waals surface area contributed by atoms with Crippen LogP contribution in [0.1, 0.15) is 24.9 Å². The summed E-state index contributed by atoms with van der Waals surface area (Å²) in [5.74, 6) is -1.10. The van der Waals surface area contributed by atoms with Crippen molar-refractivity contribution in [1.82, 2.24) is 14.5 Å². The summed E-state index contributed by atoms with van der Waals surface area (Å²) in [6.45, 7) is 2.80. The van der Waals surface area contributed by atoms with E-state index < -0.39 is 11.9 Å². The smallest absolute Gasteiger partial charge is 0.289 e. The fourth-order valence-electron chi connectivity index (χ4n) is 2.96. The number of amides is 1. The summed E-state index contributed by atoms with van der Waals surface area (Å²) >= 11 is 0.